The Kier molecular flexibility index (Phi) is 4.51. The highest BCUT2D eigenvalue weighted by molar-refractivity contribution is 7.84. The molecule has 3 rings (SSSR count). The maximum absolute atomic E-state index is 13.1. The Bertz CT molecular complexity index is 913. The van der Waals surface area contributed by atoms with E-state index in [1.165, 1.54) is 0 Å². The summed E-state index contributed by atoms with van der Waals surface area (Å²) in [6, 6.07) is 13.7. The van der Waals surface area contributed by atoms with Crippen molar-refractivity contribution in [1.29, 1.82) is 0 Å². The Hall–Kier alpha value is -2.41. The van der Waals surface area contributed by atoms with E-state index in [2.05, 4.69) is 9.97 Å². The molecule has 7 heteroatoms. The first kappa shape index (κ1) is 17.4. The zero-order valence-corrected chi connectivity index (χ0v) is 14.3. The van der Waals surface area contributed by atoms with Crippen molar-refractivity contribution in [3.8, 4) is 22.5 Å². The molecule has 1 aromatic heterocycles. The first-order valence-electron chi connectivity index (χ1n) is 7.44. The zero-order valence-electron chi connectivity index (χ0n) is 13.5. The van der Waals surface area contributed by atoms with Gasteiger partial charge in [0.15, 0.2) is 0 Å². The third-order valence-corrected chi connectivity index (χ3v) is 4.71. The molecular formula is C18H15F3N2OS. The molecule has 130 valence electrons. The SMILES string of the molecule is Cc1ccc(-c2[nH]c(C(F)(F)F)nc2-c2ccc(S(C)=O)cc2)cc1. The highest BCUT2D eigenvalue weighted by Crippen LogP contribution is 2.35. The van der Waals surface area contributed by atoms with Gasteiger partial charge in [-0.2, -0.15) is 13.2 Å². The minimum atomic E-state index is -4.57. The molecule has 1 atom stereocenters. The Labute approximate surface area is 145 Å². The van der Waals surface area contributed by atoms with E-state index in [1.807, 2.05) is 19.1 Å². The lowest BCUT2D eigenvalue weighted by Crippen LogP contribution is -2.07. The van der Waals surface area contributed by atoms with Crippen LogP contribution in [-0.4, -0.2) is 20.4 Å². The predicted molar refractivity (Wildman–Crippen MR) is 91.5 cm³/mol. The Balaban J connectivity index is 2.15. The van der Waals surface area contributed by atoms with Gasteiger partial charge < -0.3 is 4.98 Å². The average molecular weight is 364 g/mol. The number of nitrogens with zero attached hydrogens (tertiary/aromatic N) is 1. The minimum absolute atomic E-state index is 0.213. The highest BCUT2D eigenvalue weighted by Gasteiger charge is 2.36. The average Bonchev–Trinajstić information content (AvgIpc) is 3.01. The van der Waals surface area contributed by atoms with Gasteiger partial charge in [-0.3, -0.25) is 4.21 Å². The molecule has 1 N–H and O–H groups in total. The van der Waals surface area contributed by atoms with E-state index in [-0.39, 0.29) is 5.69 Å². The Morgan fingerprint density at radius 3 is 2.04 bits per heavy atom. The van der Waals surface area contributed by atoms with Crippen LogP contribution in [-0.2, 0) is 17.0 Å². The molecular weight excluding hydrogens is 349 g/mol. The van der Waals surface area contributed by atoms with Gasteiger partial charge in [0.25, 0.3) is 0 Å². The van der Waals surface area contributed by atoms with E-state index in [0.717, 1.165) is 5.56 Å². The van der Waals surface area contributed by atoms with E-state index in [4.69, 9.17) is 0 Å². The number of hydrogen-bond acceptors (Lipinski definition) is 2. The number of hydrogen-bond donors (Lipinski definition) is 1. The second-order valence-corrected chi connectivity index (χ2v) is 7.03. The number of alkyl halides is 3. The summed E-state index contributed by atoms with van der Waals surface area (Å²) in [5.41, 5.74) is 2.67. The molecule has 0 aliphatic heterocycles. The first-order chi connectivity index (χ1) is 11.8. The quantitative estimate of drug-likeness (QED) is 0.725. The van der Waals surface area contributed by atoms with Gasteiger partial charge in [0.2, 0.25) is 5.82 Å². The van der Waals surface area contributed by atoms with Gasteiger partial charge in [0, 0.05) is 33.1 Å². The largest absolute Gasteiger partial charge is 0.449 e. The third-order valence-electron chi connectivity index (χ3n) is 3.77. The second kappa shape index (κ2) is 6.48. The van der Waals surface area contributed by atoms with Gasteiger partial charge in [-0.25, -0.2) is 4.98 Å². The van der Waals surface area contributed by atoms with E-state index < -0.39 is 22.8 Å². The summed E-state index contributed by atoms with van der Waals surface area (Å²) in [6.45, 7) is 1.91. The molecule has 0 spiro atoms. The molecule has 0 saturated heterocycles. The maximum Gasteiger partial charge on any atom is 0.449 e. The van der Waals surface area contributed by atoms with Gasteiger partial charge in [-0.1, -0.05) is 42.0 Å². The molecule has 0 fully saturated rings. The zero-order chi connectivity index (χ0) is 18.2. The van der Waals surface area contributed by atoms with E-state index in [0.29, 0.717) is 21.7 Å². The van der Waals surface area contributed by atoms with Crippen LogP contribution in [0, 0.1) is 6.92 Å². The van der Waals surface area contributed by atoms with Crippen LogP contribution in [0.4, 0.5) is 13.2 Å². The van der Waals surface area contributed by atoms with Crippen LogP contribution < -0.4 is 0 Å². The molecule has 3 aromatic rings. The van der Waals surface area contributed by atoms with E-state index >= 15 is 0 Å². The summed E-state index contributed by atoms with van der Waals surface area (Å²) in [7, 11) is -1.15. The molecule has 2 aromatic carbocycles. The predicted octanol–water partition coefficient (Wildman–Crippen LogP) is 4.81. The summed E-state index contributed by atoms with van der Waals surface area (Å²) < 4.78 is 50.8. The van der Waals surface area contributed by atoms with Gasteiger partial charge in [-0.15, -0.1) is 0 Å². The summed E-state index contributed by atoms with van der Waals surface area (Å²) in [4.78, 5) is 6.77. The summed E-state index contributed by atoms with van der Waals surface area (Å²) in [5.74, 6) is -1.04. The standard InChI is InChI=1S/C18H15F3N2OS/c1-11-3-5-12(6-4-11)15-16(23-17(22-15)18(19,20)21)13-7-9-14(10-8-13)25(2)24/h3-10H,1-2H3,(H,22,23). The highest BCUT2D eigenvalue weighted by atomic mass is 32.2. The lowest BCUT2D eigenvalue weighted by atomic mass is 10.0. The van der Waals surface area contributed by atoms with Crippen molar-refractivity contribution in [3.63, 3.8) is 0 Å². The van der Waals surface area contributed by atoms with Crippen LogP contribution in [0.15, 0.2) is 53.4 Å². The van der Waals surface area contributed by atoms with Crippen LogP contribution >= 0.6 is 0 Å². The topological polar surface area (TPSA) is 45.8 Å². The monoisotopic (exact) mass is 364 g/mol. The van der Waals surface area contributed by atoms with Crippen LogP contribution in [0.2, 0.25) is 0 Å². The van der Waals surface area contributed by atoms with E-state index in [1.54, 1.807) is 42.7 Å². The summed E-state index contributed by atoms with van der Waals surface area (Å²) in [6.07, 6.45) is -3.02. The molecule has 0 aliphatic carbocycles. The minimum Gasteiger partial charge on any atom is -0.334 e. The number of benzene rings is 2. The second-order valence-electron chi connectivity index (χ2n) is 5.65. The van der Waals surface area contributed by atoms with Gasteiger partial charge in [-0.05, 0) is 19.1 Å². The molecule has 1 heterocycles. The molecule has 3 nitrogen and oxygen atoms in total. The normalized spacial score (nSPS) is 13.0. The van der Waals surface area contributed by atoms with Crippen molar-refractivity contribution in [2.75, 3.05) is 6.26 Å². The maximum atomic E-state index is 13.1. The van der Waals surface area contributed by atoms with Crippen LogP contribution in [0.25, 0.3) is 22.5 Å². The number of rotatable bonds is 3. The van der Waals surface area contributed by atoms with Crippen molar-refractivity contribution in [3.05, 3.63) is 59.9 Å². The van der Waals surface area contributed by atoms with Crippen molar-refractivity contribution in [1.82, 2.24) is 9.97 Å². The molecule has 0 aliphatic rings. The van der Waals surface area contributed by atoms with Crippen molar-refractivity contribution in [2.45, 2.75) is 18.0 Å². The number of halogens is 3. The van der Waals surface area contributed by atoms with Crippen LogP contribution in [0.3, 0.4) is 0 Å². The fourth-order valence-electron chi connectivity index (χ4n) is 2.45. The number of aromatic amines is 1. The van der Waals surface area contributed by atoms with Crippen molar-refractivity contribution in [2.24, 2.45) is 0 Å². The molecule has 1 unspecified atom stereocenters. The number of nitrogens with one attached hydrogen (secondary N) is 1. The third kappa shape index (κ3) is 3.66. The molecule has 0 amide bonds. The van der Waals surface area contributed by atoms with Crippen molar-refractivity contribution < 1.29 is 17.4 Å². The molecule has 0 radical (unpaired) electrons. The summed E-state index contributed by atoms with van der Waals surface area (Å²) in [5, 5.41) is 0. The number of imidazole rings is 1. The van der Waals surface area contributed by atoms with Crippen molar-refractivity contribution >= 4 is 10.8 Å². The number of aryl methyl sites for hydroxylation is 1. The molecule has 25 heavy (non-hydrogen) atoms. The fraction of sp³-hybridized carbons (Fsp3) is 0.167. The van der Waals surface area contributed by atoms with E-state index in [9.17, 15) is 17.4 Å². The summed E-state index contributed by atoms with van der Waals surface area (Å²) >= 11 is 0. The Morgan fingerprint density at radius 2 is 1.52 bits per heavy atom. The van der Waals surface area contributed by atoms with Crippen LogP contribution in [0.5, 0.6) is 0 Å². The molecule has 0 saturated carbocycles. The first-order valence-corrected chi connectivity index (χ1v) is 8.99. The smallest absolute Gasteiger partial charge is 0.334 e. The Morgan fingerprint density at radius 1 is 0.960 bits per heavy atom. The van der Waals surface area contributed by atoms with Crippen LogP contribution in [0.1, 0.15) is 11.4 Å². The van der Waals surface area contributed by atoms with Gasteiger partial charge in [0.05, 0.1) is 11.4 Å². The lowest BCUT2D eigenvalue weighted by Gasteiger charge is -2.05. The number of H-pyrrole nitrogens is 1. The lowest BCUT2D eigenvalue weighted by molar-refractivity contribution is -0.144. The molecule has 0 bridgehead atoms. The fourth-order valence-corrected chi connectivity index (χ4v) is 2.97. The van der Waals surface area contributed by atoms with Gasteiger partial charge >= 0.3 is 6.18 Å². The number of aromatic nitrogens is 2. The van der Waals surface area contributed by atoms with Gasteiger partial charge in [0.1, 0.15) is 0 Å².